The van der Waals surface area contributed by atoms with Gasteiger partial charge in [0, 0.05) is 19.5 Å². The minimum absolute atomic E-state index is 0.0830. The summed E-state index contributed by atoms with van der Waals surface area (Å²) >= 11 is 0. The molecular formula is C21H27NO4. The van der Waals surface area contributed by atoms with E-state index in [4.69, 9.17) is 14.2 Å². The molecule has 2 aromatic carbocycles. The maximum absolute atomic E-state index is 12.3. The Balaban J connectivity index is 1.80. The zero-order valence-corrected chi connectivity index (χ0v) is 16.0. The van der Waals surface area contributed by atoms with Gasteiger partial charge in [-0.15, -0.1) is 0 Å². The van der Waals surface area contributed by atoms with Crippen LogP contribution in [0.3, 0.4) is 0 Å². The van der Waals surface area contributed by atoms with Gasteiger partial charge >= 0.3 is 0 Å². The Morgan fingerprint density at radius 3 is 2.31 bits per heavy atom. The van der Waals surface area contributed by atoms with Crippen LogP contribution in [0.4, 0.5) is 0 Å². The highest BCUT2D eigenvalue weighted by Crippen LogP contribution is 2.23. The Kier molecular flexibility index (Phi) is 7.33. The number of rotatable bonds is 9. The molecule has 0 aliphatic heterocycles. The molecule has 0 saturated heterocycles. The molecule has 0 aliphatic rings. The van der Waals surface area contributed by atoms with Gasteiger partial charge in [0.15, 0.2) is 0 Å². The average Bonchev–Trinajstić information content (AvgIpc) is 2.65. The lowest BCUT2D eigenvalue weighted by Gasteiger charge is -2.18. The topological polar surface area (TPSA) is 48.0 Å². The molecule has 0 aliphatic carbocycles. The Morgan fingerprint density at radius 1 is 1.00 bits per heavy atom. The molecule has 1 amide bonds. The zero-order chi connectivity index (χ0) is 18.9. The third-order valence-electron chi connectivity index (χ3n) is 4.15. The molecule has 0 heterocycles. The summed E-state index contributed by atoms with van der Waals surface area (Å²) in [5.41, 5.74) is 2.17. The van der Waals surface area contributed by atoms with Crippen LogP contribution in [0.15, 0.2) is 42.5 Å². The van der Waals surface area contributed by atoms with Crippen LogP contribution in [-0.2, 0) is 11.2 Å². The van der Waals surface area contributed by atoms with Crippen molar-refractivity contribution >= 4 is 5.91 Å². The number of methoxy groups -OCH3 is 2. The number of ether oxygens (including phenoxy) is 3. The van der Waals surface area contributed by atoms with Gasteiger partial charge in [-0.1, -0.05) is 12.1 Å². The van der Waals surface area contributed by atoms with Crippen LogP contribution >= 0.6 is 0 Å². The Labute approximate surface area is 155 Å². The van der Waals surface area contributed by atoms with E-state index < -0.39 is 0 Å². The van der Waals surface area contributed by atoms with Crippen LogP contribution in [0.1, 0.15) is 17.5 Å². The van der Waals surface area contributed by atoms with Gasteiger partial charge in [0.05, 0.1) is 20.8 Å². The van der Waals surface area contributed by atoms with E-state index in [1.165, 1.54) is 0 Å². The minimum atomic E-state index is 0.0830. The predicted molar refractivity (Wildman–Crippen MR) is 102 cm³/mol. The van der Waals surface area contributed by atoms with Crippen molar-refractivity contribution in [2.45, 2.75) is 19.8 Å². The standard InChI is InChI=1S/C21H27NO4/c1-16-6-5-7-18(12-16)26-11-10-22(2)21(23)9-8-17-13-19(24-3)15-20(14-17)25-4/h5-7,12-15H,8-11H2,1-4H3. The molecule has 0 spiro atoms. The molecule has 140 valence electrons. The van der Waals surface area contributed by atoms with E-state index in [1.807, 2.05) is 49.4 Å². The maximum Gasteiger partial charge on any atom is 0.222 e. The monoisotopic (exact) mass is 357 g/mol. The number of amides is 1. The number of hydrogen-bond acceptors (Lipinski definition) is 4. The van der Waals surface area contributed by atoms with E-state index in [-0.39, 0.29) is 5.91 Å². The second-order valence-electron chi connectivity index (χ2n) is 6.20. The van der Waals surface area contributed by atoms with Gasteiger partial charge in [0.2, 0.25) is 5.91 Å². The number of nitrogens with zero attached hydrogens (tertiary/aromatic N) is 1. The minimum Gasteiger partial charge on any atom is -0.497 e. The molecule has 0 unspecified atom stereocenters. The van der Waals surface area contributed by atoms with Gasteiger partial charge < -0.3 is 19.1 Å². The number of aryl methyl sites for hydroxylation is 2. The molecule has 0 atom stereocenters. The molecule has 2 aromatic rings. The second-order valence-corrected chi connectivity index (χ2v) is 6.20. The van der Waals surface area contributed by atoms with Crippen molar-refractivity contribution < 1.29 is 19.0 Å². The fourth-order valence-electron chi connectivity index (χ4n) is 2.58. The normalized spacial score (nSPS) is 10.3. The second kappa shape index (κ2) is 9.70. The molecule has 0 bridgehead atoms. The van der Waals surface area contributed by atoms with Crippen LogP contribution in [0.2, 0.25) is 0 Å². The summed E-state index contributed by atoms with van der Waals surface area (Å²) in [4.78, 5) is 14.0. The maximum atomic E-state index is 12.3. The van der Waals surface area contributed by atoms with E-state index in [2.05, 4.69) is 0 Å². The van der Waals surface area contributed by atoms with Crippen molar-refractivity contribution in [1.29, 1.82) is 0 Å². The van der Waals surface area contributed by atoms with Crippen molar-refractivity contribution in [1.82, 2.24) is 4.90 Å². The fourth-order valence-corrected chi connectivity index (χ4v) is 2.58. The average molecular weight is 357 g/mol. The number of benzene rings is 2. The lowest BCUT2D eigenvalue weighted by Crippen LogP contribution is -2.31. The molecule has 0 fully saturated rings. The molecule has 5 nitrogen and oxygen atoms in total. The molecule has 0 saturated carbocycles. The third-order valence-corrected chi connectivity index (χ3v) is 4.15. The summed E-state index contributed by atoms with van der Waals surface area (Å²) in [7, 11) is 5.03. The van der Waals surface area contributed by atoms with Crippen LogP contribution in [0, 0.1) is 6.92 Å². The Morgan fingerprint density at radius 2 is 1.69 bits per heavy atom. The molecule has 2 rings (SSSR count). The molecule has 5 heteroatoms. The highest BCUT2D eigenvalue weighted by molar-refractivity contribution is 5.76. The van der Waals surface area contributed by atoms with Crippen LogP contribution in [0.25, 0.3) is 0 Å². The smallest absolute Gasteiger partial charge is 0.222 e. The molecule has 0 radical (unpaired) electrons. The Bertz CT molecular complexity index is 707. The van der Waals surface area contributed by atoms with Crippen molar-refractivity contribution in [3.63, 3.8) is 0 Å². The first-order chi connectivity index (χ1) is 12.5. The van der Waals surface area contributed by atoms with Crippen molar-refractivity contribution in [3.8, 4) is 17.2 Å². The SMILES string of the molecule is COc1cc(CCC(=O)N(C)CCOc2cccc(C)c2)cc(OC)c1. The summed E-state index contributed by atoms with van der Waals surface area (Å²) in [6.45, 7) is 3.04. The summed E-state index contributed by atoms with van der Waals surface area (Å²) in [5.74, 6) is 2.37. The summed E-state index contributed by atoms with van der Waals surface area (Å²) in [6, 6.07) is 13.6. The van der Waals surface area contributed by atoms with E-state index in [1.54, 1.807) is 26.2 Å². The molecular weight excluding hydrogens is 330 g/mol. The lowest BCUT2D eigenvalue weighted by atomic mass is 10.1. The van der Waals surface area contributed by atoms with Crippen molar-refractivity contribution in [2.24, 2.45) is 0 Å². The van der Waals surface area contributed by atoms with Gasteiger partial charge in [-0.3, -0.25) is 4.79 Å². The van der Waals surface area contributed by atoms with E-state index in [0.29, 0.717) is 26.0 Å². The van der Waals surface area contributed by atoms with Gasteiger partial charge in [-0.2, -0.15) is 0 Å². The highest BCUT2D eigenvalue weighted by atomic mass is 16.5. The van der Waals surface area contributed by atoms with Crippen molar-refractivity contribution in [3.05, 3.63) is 53.6 Å². The molecule has 26 heavy (non-hydrogen) atoms. The quantitative estimate of drug-likeness (QED) is 0.689. The summed E-state index contributed by atoms with van der Waals surface area (Å²) in [5, 5.41) is 0. The summed E-state index contributed by atoms with van der Waals surface area (Å²) < 4.78 is 16.2. The van der Waals surface area contributed by atoms with E-state index in [9.17, 15) is 4.79 Å². The molecule has 0 aromatic heterocycles. The van der Waals surface area contributed by atoms with Gasteiger partial charge in [0.1, 0.15) is 23.9 Å². The number of hydrogen-bond donors (Lipinski definition) is 0. The van der Waals surface area contributed by atoms with Crippen LogP contribution in [-0.4, -0.2) is 45.2 Å². The fraction of sp³-hybridized carbons (Fsp3) is 0.381. The zero-order valence-electron chi connectivity index (χ0n) is 16.0. The van der Waals surface area contributed by atoms with E-state index in [0.717, 1.165) is 28.4 Å². The Hall–Kier alpha value is -2.69. The van der Waals surface area contributed by atoms with E-state index >= 15 is 0 Å². The van der Waals surface area contributed by atoms with Crippen molar-refractivity contribution in [2.75, 3.05) is 34.4 Å². The van der Waals surface area contributed by atoms with Gasteiger partial charge in [-0.05, 0) is 48.7 Å². The van der Waals surface area contributed by atoms with Gasteiger partial charge in [-0.25, -0.2) is 0 Å². The van der Waals surface area contributed by atoms with Gasteiger partial charge in [0.25, 0.3) is 0 Å². The first-order valence-corrected chi connectivity index (χ1v) is 8.67. The lowest BCUT2D eigenvalue weighted by molar-refractivity contribution is -0.130. The highest BCUT2D eigenvalue weighted by Gasteiger charge is 2.10. The summed E-state index contributed by atoms with van der Waals surface area (Å²) in [6.07, 6.45) is 1.06. The first-order valence-electron chi connectivity index (χ1n) is 8.67. The largest absolute Gasteiger partial charge is 0.497 e. The van der Waals surface area contributed by atoms with Crippen LogP contribution in [0.5, 0.6) is 17.2 Å². The number of carbonyl (C=O) groups excluding carboxylic acids is 1. The first kappa shape index (κ1) is 19.6. The number of likely N-dealkylation sites (N-methyl/N-ethyl adjacent to an activating group) is 1. The number of carbonyl (C=O) groups is 1. The molecule has 0 N–H and O–H groups in total. The third kappa shape index (κ3) is 5.99. The van der Waals surface area contributed by atoms with Crippen LogP contribution < -0.4 is 14.2 Å². The predicted octanol–water partition coefficient (Wildman–Crippen LogP) is 3.48.